The van der Waals surface area contributed by atoms with E-state index in [1.807, 2.05) is 0 Å². The van der Waals surface area contributed by atoms with Crippen LogP contribution in [-0.2, 0) is 6.42 Å². The number of fused-ring (bicyclic) bond motifs is 1. The molecule has 0 amide bonds. The van der Waals surface area contributed by atoms with E-state index < -0.39 is 0 Å². The number of nitrogens with zero attached hydrogens (tertiary/aromatic N) is 4. The molecule has 0 bridgehead atoms. The van der Waals surface area contributed by atoms with Crippen LogP contribution in [0.5, 0.6) is 0 Å². The summed E-state index contributed by atoms with van der Waals surface area (Å²) in [5.74, 6) is 1.55. The van der Waals surface area contributed by atoms with Gasteiger partial charge in [0.25, 0.3) is 0 Å². The summed E-state index contributed by atoms with van der Waals surface area (Å²) in [6, 6.07) is 15.6. The minimum Gasteiger partial charge on any atom is -0.354 e. The zero-order chi connectivity index (χ0) is 18.4. The van der Waals surface area contributed by atoms with E-state index in [2.05, 4.69) is 58.8 Å². The zero-order valence-corrected chi connectivity index (χ0v) is 15.8. The number of rotatable bonds is 4. The molecule has 5 rings (SSSR count). The van der Waals surface area contributed by atoms with Gasteiger partial charge in [0.1, 0.15) is 11.6 Å². The third-order valence-electron chi connectivity index (χ3n) is 5.96. The monoisotopic (exact) mass is 356 g/mol. The molecule has 1 aromatic carbocycles. The molecule has 136 valence electrons. The highest BCUT2D eigenvalue weighted by atomic mass is 15.3. The lowest BCUT2D eigenvalue weighted by Gasteiger charge is -2.21. The molecule has 0 radical (unpaired) electrons. The zero-order valence-electron chi connectivity index (χ0n) is 15.8. The van der Waals surface area contributed by atoms with Gasteiger partial charge in [0.2, 0.25) is 0 Å². The first-order chi connectivity index (χ1) is 13.3. The van der Waals surface area contributed by atoms with Crippen LogP contribution in [0.3, 0.4) is 0 Å². The van der Waals surface area contributed by atoms with E-state index in [1.54, 1.807) is 0 Å². The maximum absolute atomic E-state index is 10.1. The Bertz CT molecular complexity index is 1050. The lowest BCUT2D eigenvalue weighted by atomic mass is 9.97. The molecule has 1 aliphatic carbocycles. The fourth-order valence-electron chi connectivity index (χ4n) is 4.34. The second kappa shape index (κ2) is 6.42. The summed E-state index contributed by atoms with van der Waals surface area (Å²) in [5, 5.41) is 15.0. The van der Waals surface area contributed by atoms with E-state index in [0.717, 1.165) is 47.5 Å². The molecule has 1 saturated carbocycles. The Kier molecular flexibility index (Phi) is 3.89. The Morgan fingerprint density at radius 2 is 1.96 bits per heavy atom. The molecular formula is C23H24N4. The molecule has 1 saturated heterocycles. The molecule has 4 heteroatoms. The van der Waals surface area contributed by atoms with Crippen LogP contribution in [0.1, 0.15) is 55.3 Å². The van der Waals surface area contributed by atoms with Crippen molar-refractivity contribution in [2.24, 2.45) is 0 Å². The summed E-state index contributed by atoms with van der Waals surface area (Å²) < 4.78 is 2.06. The molecule has 3 heterocycles. The van der Waals surface area contributed by atoms with Crippen molar-refractivity contribution in [3.63, 3.8) is 0 Å². The molecule has 3 aromatic rings. The van der Waals surface area contributed by atoms with E-state index in [-0.39, 0.29) is 0 Å². The van der Waals surface area contributed by atoms with Crippen LogP contribution < -0.4 is 4.90 Å². The topological polar surface area (TPSA) is 44.3 Å². The number of aryl methyl sites for hydroxylation is 1. The molecule has 0 N–H and O–H groups in total. The average Bonchev–Trinajstić information content (AvgIpc) is 3.26. The van der Waals surface area contributed by atoms with Gasteiger partial charge in [-0.05, 0) is 61.3 Å². The van der Waals surface area contributed by atoms with Crippen molar-refractivity contribution >= 4 is 11.3 Å². The molecule has 2 aromatic heterocycles. The third-order valence-corrected chi connectivity index (χ3v) is 5.96. The maximum Gasteiger partial charge on any atom is 0.168 e. The fourth-order valence-corrected chi connectivity index (χ4v) is 4.34. The van der Waals surface area contributed by atoms with Gasteiger partial charge in [-0.2, -0.15) is 5.26 Å². The first-order valence-corrected chi connectivity index (χ1v) is 10.1. The summed E-state index contributed by atoms with van der Waals surface area (Å²) in [6.07, 6.45) is 5.83. The number of hydrogen-bond donors (Lipinski definition) is 0. The van der Waals surface area contributed by atoms with Crippen molar-refractivity contribution in [1.82, 2.24) is 9.61 Å². The van der Waals surface area contributed by atoms with Gasteiger partial charge in [-0.3, -0.25) is 0 Å². The van der Waals surface area contributed by atoms with Crippen LogP contribution in [0.4, 0.5) is 5.82 Å². The summed E-state index contributed by atoms with van der Waals surface area (Å²) in [5.41, 5.74) is 6.53. The van der Waals surface area contributed by atoms with Crippen LogP contribution in [0, 0.1) is 11.3 Å². The number of aromatic nitrogens is 2. The van der Waals surface area contributed by atoms with Gasteiger partial charge in [-0.1, -0.05) is 31.2 Å². The molecule has 1 aliphatic heterocycles. The number of anilines is 1. The SMILES string of the molecule is CCc1ccc2c(-c3cccc(C4CC4)c3)c(C#N)c(N3CCCC3)nn12. The van der Waals surface area contributed by atoms with E-state index in [4.69, 9.17) is 5.10 Å². The first-order valence-electron chi connectivity index (χ1n) is 10.1. The minimum atomic E-state index is 0.699. The van der Waals surface area contributed by atoms with E-state index in [1.165, 1.54) is 36.9 Å². The molecule has 2 fully saturated rings. The Balaban J connectivity index is 1.79. The van der Waals surface area contributed by atoms with Crippen molar-refractivity contribution in [2.45, 2.75) is 44.9 Å². The van der Waals surface area contributed by atoms with Crippen molar-refractivity contribution in [3.8, 4) is 17.2 Å². The van der Waals surface area contributed by atoms with Crippen LogP contribution >= 0.6 is 0 Å². The van der Waals surface area contributed by atoms with E-state index in [0.29, 0.717) is 5.92 Å². The molecule has 0 spiro atoms. The smallest absolute Gasteiger partial charge is 0.168 e. The van der Waals surface area contributed by atoms with Crippen LogP contribution in [0.25, 0.3) is 16.6 Å². The molecule has 4 nitrogen and oxygen atoms in total. The fraction of sp³-hybridized carbons (Fsp3) is 0.391. The molecule has 0 atom stereocenters. The maximum atomic E-state index is 10.1. The Labute approximate surface area is 160 Å². The second-order valence-electron chi connectivity index (χ2n) is 7.75. The summed E-state index contributed by atoms with van der Waals surface area (Å²) in [7, 11) is 0. The van der Waals surface area contributed by atoms with Gasteiger partial charge in [0.15, 0.2) is 5.82 Å². The number of benzene rings is 1. The Morgan fingerprint density at radius 1 is 1.15 bits per heavy atom. The first kappa shape index (κ1) is 16.4. The predicted octanol–water partition coefficient (Wildman–Crippen LogP) is 4.91. The largest absolute Gasteiger partial charge is 0.354 e. The summed E-state index contributed by atoms with van der Waals surface area (Å²) in [6.45, 7) is 4.12. The summed E-state index contributed by atoms with van der Waals surface area (Å²) in [4.78, 5) is 2.28. The highest BCUT2D eigenvalue weighted by molar-refractivity contribution is 5.89. The highest BCUT2D eigenvalue weighted by Crippen LogP contribution is 2.42. The average molecular weight is 356 g/mol. The van der Waals surface area contributed by atoms with Gasteiger partial charge in [-0.25, -0.2) is 4.52 Å². The predicted molar refractivity (Wildman–Crippen MR) is 108 cm³/mol. The molecular weight excluding hydrogens is 332 g/mol. The van der Waals surface area contributed by atoms with Crippen molar-refractivity contribution in [1.29, 1.82) is 5.26 Å². The van der Waals surface area contributed by atoms with Crippen LogP contribution in [0.2, 0.25) is 0 Å². The summed E-state index contributed by atoms with van der Waals surface area (Å²) >= 11 is 0. The third kappa shape index (κ3) is 2.70. The van der Waals surface area contributed by atoms with Gasteiger partial charge in [-0.15, -0.1) is 5.10 Å². The van der Waals surface area contributed by atoms with Crippen LogP contribution in [0.15, 0.2) is 36.4 Å². The lowest BCUT2D eigenvalue weighted by Crippen LogP contribution is -2.22. The van der Waals surface area contributed by atoms with Gasteiger partial charge in [0.05, 0.1) is 5.52 Å². The van der Waals surface area contributed by atoms with Crippen molar-refractivity contribution < 1.29 is 0 Å². The highest BCUT2D eigenvalue weighted by Gasteiger charge is 2.26. The molecule has 27 heavy (non-hydrogen) atoms. The Hall–Kier alpha value is -2.80. The quantitative estimate of drug-likeness (QED) is 0.667. The molecule has 2 aliphatic rings. The Morgan fingerprint density at radius 3 is 2.67 bits per heavy atom. The number of hydrogen-bond acceptors (Lipinski definition) is 3. The van der Waals surface area contributed by atoms with E-state index in [9.17, 15) is 5.26 Å². The standard InChI is InChI=1S/C23H24N4/c1-2-19-10-11-21-22(18-7-5-6-17(14-18)16-8-9-16)20(15-24)23(25-27(19)21)26-12-3-4-13-26/h5-7,10-11,14,16H,2-4,8-9,12-13H2,1H3. The van der Waals surface area contributed by atoms with Crippen molar-refractivity contribution in [3.05, 3.63) is 53.2 Å². The molecule has 0 unspecified atom stereocenters. The van der Waals surface area contributed by atoms with Crippen molar-refractivity contribution in [2.75, 3.05) is 18.0 Å². The van der Waals surface area contributed by atoms with Gasteiger partial charge < -0.3 is 4.90 Å². The number of nitriles is 1. The normalized spacial score (nSPS) is 16.8. The van der Waals surface area contributed by atoms with Crippen LogP contribution in [-0.4, -0.2) is 22.7 Å². The van der Waals surface area contributed by atoms with Gasteiger partial charge >= 0.3 is 0 Å². The van der Waals surface area contributed by atoms with E-state index >= 15 is 0 Å². The van der Waals surface area contributed by atoms with Gasteiger partial charge in [0, 0.05) is 24.3 Å². The second-order valence-corrected chi connectivity index (χ2v) is 7.75. The minimum absolute atomic E-state index is 0.699. The lowest BCUT2D eigenvalue weighted by molar-refractivity contribution is 0.821.